The number of nitrogens with zero attached hydrogens (tertiary/aromatic N) is 2. The number of carbonyl (C=O) groups is 1. The smallest absolute Gasteiger partial charge is 0.287 e. The number of hydrogen-bond donors (Lipinski definition) is 0. The maximum atomic E-state index is 14.2. The molecule has 0 radical (unpaired) electrons. The Morgan fingerprint density at radius 1 is 0.400 bits per heavy atom. The third-order valence-corrected chi connectivity index (χ3v) is 12.2. The van der Waals surface area contributed by atoms with Crippen molar-refractivity contribution in [3.8, 4) is 0 Å². The summed E-state index contributed by atoms with van der Waals surface area (Å²) < 4.78 is 342. The minimum Gasteiger partial charge on any atom is -0.287 e. The average Bonchev–Trinajstić information content (AvgIpc) is 3.34. The van der Waals surface area contributed by atoms with Crippen LogP contribution in [0.1, 0.15) is 60.6 Å². The van der Waals surface area contributed by atoms with Crippen molar-refractivity contribution in [2.45, 2.75) is 62.5 Å². The van der Waals surface area contributed by atoms with Gasteiger partial charge in [-0.15, -0.1) is 0 Å². The van der Waals surface area contributed by atoms with Crippen molar-refractivity contribution in [1.82, 2.24) is 0 Å². The van der Waals surface area contributed by atoms with E-state index in [0.717, 1.165) is 10.8 Å². The Morgan fingerprint density at radius 3 is 0.950 bits per heavy atom. The molecule has 0 unspecified atom stereocenters. The van der Waals surface area contributed by atoms with Crippen LogP contribution in [0.25, 0.3) is 10.8 Å². The highest BCUT2D eigenvalue weighted by Gasteiger charge is 2.47. The molecule has 0 saturated heterocycles. The number of halogens is 24. The van der Waals surface area contributed by atoms with Crippen molar-refractivity contribution < 1.29 is 120 Å². The van der Waals surface area contributed by atoms with Crippen molar-refractivity contribution in [1.29, 1.82) is 0 Å². The highest BCUT2D eigenvalue weighted by atomic mass is 19.4. The molecule has 1 aromatic heterocycles. The summed E-state index contributed by atoms with van der Waals surface area (Å²) in [5.74, 6) is -0.0736. The molecule has 0 amide bonds. The third-order valence-electron chi connectivity index (χ3n) is 12.2. The van der Waals surface area contributed by atoms with Crippen molar-refractivity contribution in [2.75, 3.05) is 0 Å². The maximum absolute atomic E-state index is 14.2. The lowest BCUT2D eigenvalue weighted by Gasteiger charge is -2.46. The minimum absolute atomic E-state index is 0.0736. The average molecular weight is 1170 g/mol. The van der Waals surface area contributed by atoms with E-state index in [4.69, 9.17) is 0 Å². The monoisotopic (exact) mass is 1170 g/mol. The van der Waals surface area contributed by atoms with Gasteiger partial charge < -0.3 is 0 Å². The molecule has 7 aromatic rings. The number of benzene rings is 6. The summed E-state index contributed by atoms with van der Waals surface area (Å²) in [5, 5.41) is 12.8. The van der Waals surface area contributed by atoms with E-state index in [0.29, 0.717) is 11.3 Å². The molecule has 0 atom stereocenters. The van der Waals surface area contributed by atoms with Gasteiger partial charge in [0, 0.05) is 16.6 Å². The lowest BCUT2D eigenvalue weighted by molar-refractivity contribution is -0.702. The number of hydrogen-bond acceptors (Lipinski definition) is 3. The molecule has 0 bridgehead atoms. The van der Waals surface area contributed by atoms with Gasteiger partial charge >= 0.3 is 49.4 Å². The van der Waals surface area contributed by atoms with E-state index in [9.17, 15) is 120 Å². The zero-order valence-electron chi connectivity index (χ0n) is 39.0. The predicted octanol–water partition coefficient (Wildman–Crippen LogP) is 14.0. The first-order valence-corrected chi connectivity index (χ1v) is 21.9. The number of Topliss-reactive ketones (excluding diaryl/α,β-unsaturated/α-hetero) is 1. The van der Waals surface area contributed by atoms with Gasteiger partial charge in [0.05, 0.1) is 49.9 Å². The summed E-state index contributed by atoms with van der Waals surface area (Å²) >= 11 is 0. The standard InChI is InChI=1S/C32H12BF24.C18H15N2O3/c34-25(35,36)13-1-14(26(37,38)39)6-21(5-13)33(22-7-15(27(40,41)42)2-16(8-22)28(43,44)45,23-9-17(29(46,47)48)3-18(10-23)30(49,50)51)24-11-19(31(52,53)54)4-20(12-24)32(55,56)57;21-18(15-7-2-1-3-8-15)13-19-11-10-14-6-4-5-9-16(14)17(19)12-20(22)23/h1-12H;1-11H,12-13H2/q-1;+1. The first-order chi connectivity index (χ1) is 36.4. The molecule has 426 valence electrons. The number of aromatic nitrogens is 1. The number of fused-ring (bicyclic) bond motifs is 1. The fourth-order valence-electron chi connectivity index (χ4n) is 8.71. The largest absolute Gasteiger partial charge is 0.416 e. The molecule has 0 aliphatic carbocycles. The van der Waals surface area contributed by atoms with Crippen LogP contribution in [0, 0.1) is 10.1 Å². The number of alkyl halides is 24. The highest BCUT2D eigenvalue weighted by Crippen LogP contribution is 2.41. The Bertz CT molecular complexity index is 3010. The van der Waals surface area contributed by atoms with E-state index >= 15 is 0 Å². The number of carbonyl (C=O) groups excluding carboxylic acids is 1. The maximum Gasteiger partial charge on any atom is 0.416 e. The van der Waals surface area contributed by atoms with E-state index < -0.39 is 195 Å². The molecule has 0 aliphatic heterocycles. The lowest BCUT2D eigenvalue weighted by Crippen LogP contribution is -2.75. The zero-order chi connectivity index (χ0) is 60.1. The molecule has 0 N–H and O–H groups in total. The first kappa shape index (κ1) is 61.4. The van der Waals surface area contributed by atoms with E-state index in [1.54, 1.807) is 35.0 Å². The van der Waals surface area contributed by atoms with Crippen molar-refractivity contribution in [3.63, 3.8) is 0 Å². The molecule has 0 spiro atoms. The van der Waals surface area contributed by atoms with Gasteiger partial charge in [0.15, 0.2) is 6.20 Å². The van der Waals surface area contributed by atoms with Gasteiger partial charge in [-0.2, -0.15) is 132 Å². The van der Waals surface area contributed by atoms with Crippen LogP contribution in [0.3, 0.4) is 0 Å². The van der Waals surface area contributed by atoms with E-state index in [1.165, 1.54) is 0 Å². The van der Waals surface area contributed by atoms with Crippen LogP contribution in [0.5, 0.6) is 0 Å². The quantitative estimate of drug-likeness (QED) is 0.0361. The molecule has 6 aromatic carbocycles. The number of ketones is 1. The molecule has 1 heterocycles. The van der Waals surface area contributed by atoms with Crippen molar-refractivity contribution in [3.05, 3.63) is 206 Å². The summed E-state index contributed by atoms with van der Waals surface area (Å²) in [4.78, 5) is 23.1. The van der Waals surface area contributed by atoms with E-state index in [-0.39, 0.29) is 23.8 Å². The fraction of sp³-hybridized carbons (Fsp3) is 0.200. The van der Waals surface area contributed by atoms with Crippen LogP contribution < -0.4 is 26.4 Å². The normalized spacial score (nSPS) is 13.2. The molecule has 0 aliphatic rings. The minimum atomic E-state index is -6.13. The lowest BCUT2D eigenvalue weighted by atomic mass is 9.12. The predicted molar refractivity (Wildman–Crippen MR) is 236 cm³/mol. The second-order valence-electron chi connectivity index (χ2n) is 17.5. The highest BCUT2D eigenvalue weighted by molar-refractivity contribution is 7.20. The van der Waals surface area contributed by atoms with Crippen LogP contribution in [0.15, 0.2) is 140 Å². The summed E-state index contributed by atoms with van der Waals surface area (Å²) in [6.45, 7) is -0.235. The number of nitro groups is 1. The Balaban J connectivity index is 0.000000370. The summed E-state index contributed by atoms with van der Waals surface area (Å²) in [6, 6.07) is 9.48. The van der Waals surface area contributed by atoms with Gasteiger partial charge in [0.1, 0.15) is 6.15 Å². The molecule has 80 heavy (non-hydrogen) atoms. The van der Waals surface area contributed by atoms with Gasteiger partial charge in [-0.1, -0.05) is 97.1 Å². The summed E-state index contributed by atoms with van der Waals surface area (Å²) in [7, 11) is 0. The van der Waals surface area contributed by atoms with E-state index in [2.05, 4.69) is 0 Å². The van der Waals surface area contributed by atoms with Crippen LogP contribution in [0.2, 0.25) is 0 Å². The first-order valence-electron chi connectivity index (χ1n) is 21.9. The molecule has 0 fully saturated rings. The zero-order valence-corrected chi connectivity index (χ0v) is 39.0. The molecular weight excluding hydrogens is 1140 g/mol. The molecule has 30 heteroatoms. The van der Waals surface area contributed by atoms with Gasteiger partial charge in [-0.25, -0.2) is 0 Å². The van der Waals surface area contributed by atoms with Gasteiger partial charge in [0.25, 0.3) is 12.2 Å². The van der Waals surface area contributed by atoms with Gasteiger partial charge in [0.2, 0.25) is 12.3 Å². The number of pyridine rings is 1. The Morgan fingerprint density at radius 2 is 0.675 bits per heavy atom. The molecular formula is C50H27BF24N2O3. The fourth-order valence-corrected chi connectivity index (χ4v) is 8.71. The van der Waals surface area contributed by atoms with Crippen molar-refractivity contribution in [2.24, 2.45) is 0 Å². The topological polar surface area (TPSA) is 64.1 Å². The third kappa shape index (κ3) is 13.8. The molecule has 0 saturated carbocycles. The summed E-state index contributed by atoms with van der Waals surface area (Å²) in [5.41, 5.74) is -29.1. The van der Waals surface area contributed by atoms with Crippen LogP contribution in [-0.2, 0) is 62.5 Å². The molecule has 5 nitrogen and oxygen atoms in total. The Hall–Kier alpha value is -7.82. The Kier molecular flexibility index (Phi) is 16.4. The van der Waals surface area contributed by atoms with Crippen LogP contribution in [0.4, 0.5) is 105 Å². The SMILES string of the molecule is FC(F)(F)c1cc([B-](c2cc(C(F)(F)F)cc(C(F)(F)F)c2)(c2cc(C(F)(F)F)cc(C(F)(F)F)c2)c2cc(C(F)(F)F)cc(C(F)(F)F)c2)cc(C(F)(F)F)c1.O=C(C[n+]1ccc2ccccc2c1C[N+](=O)[O-])c1ccccc1. The second-order valence-corrected chi connectivity index (χ2v) is 17.5. The van der Waals surface area contributed by atoms with Crippen molar-refractivity contribution >= 4 is 44.6 Å². The van der Waals surface area contributed by atoms with Crippen LogP contribution in [-0.4, -0.2) is 16.9 Å². The van der Waals surface area contributed by atoms with Gasteiger partial charge in [-0.05, 0) is 35.7 Å². The number of rotatable bonds is 9. The Labute approximate surface area is 431 Å². The van der Waals surface area contributed by atoms with E-state index in [1.807, 2.05) is 36.4 Å². The second kappa shape index (κ2) is 21.3. The molecule has 7 rings (SSSR count). The van der Waals surface area contributed by atoms with Gasteiger partial charge in [-0.3, -0.25) is 14.9 Å². The van der Waals surface area contributed by atoms with Crippen LogP contribution >= 0.6 is 0 Å². The summed E-state index contributed by atoms with van der Waals surface area (Å²) in [6.07, 6.45) is -53.1.